The molecule has 181 valence electrons. The van der Waals surface area contributed by atoms with E-state index in [2.05, 4.69) is 128 Å². The van der Waals surface area contributed by atoms with Crippen LogP contribution in [0.25, 0.3) is 60.6 Å². The van der Waals surface area contributed by atoms with Crippen molar-refractivity contribution in [3.8, 4) is 22.5 Å². The molecule has 0 unspecified atom stereocenters. The van der Waals surface area contributed by atoms with Gasteiger partial charge in [-0.25, -0.2) is 0 Å². The van der Waals surface area contributed by atoms with Crippen molar-refractivity contribution in [2.24, 2.45) is 0 Å². The van der Waals surface area contributed by atoms with E-state index in [4.69, 9.17) is 0 Å². The quantitative estimate of drug-likeness (QED) is 0.126. The third kappa shape index (κ3) is 2.61. The molecule has 0 bridgehead atoms. The summed E-state index contributed by atoms with van der Waals surface area (Å²) in [7, 11) is 4.51. The Bertz CT molecular complexity index is 2040. The number of benzene rings is 4. The molecule has 3 aromatic heterocycles. The van der Waals surface area contributed by atoms with Gasteiger partial charge in [0.25, 0.3) is 0 Å². The van der Waals surface area contributed by atoms with E-state index < -0.39 is 0 Å². The van der Waals surface area contributed by atoms with Gasteiger partial charge in [0.15, 0.2) is 0 Å². The number of hydrogen-bond acceptors (Lipinski definition) is 0. The number of pyridine rings is 1. The van der Waals surface area contributed by atoms with Crippen LogP contribution in [0.2, 0.25) is 0 Å². The first kappa shape index (κ1) is 22.4. The molecular weight excluding hydrogens is 629 g/mol. The standard InChI is InChI=1S/C34H25N2.Ir/c1-20-19-24-22-12-7-10-16-27(22)36-32(24)30(31-33(36)23-13-6-8-14-25(23)34(31,2)3)29(20)28-18-17-21-11-5-9-15-26(21)35(28)4;/h5-19H,1,4H2,2-3H3;/q-1;. The van der Waals surface area contributed by atoms with Crippen LogP contribution in [0.3, 0.4) is 0 Å². The van der Waals surface area contributed by atoms with Crippen LogP contribution in [-0.2, 0) is 25.5 Å². The van der Waals surface area contributed by atoms with Gasteiger partial charge in [-0.3, -0.25) is 0 Å². The predicted octanol–water partition coefficient (Wildman–Crippen LogP) is 7.92. The summed E-state index contributed by atoms with van der Waals surface area (Å²) in [5.41, 5.74) is 12.3. The summed E-state index contributed by atoms with van der Waals surface area (Å²) < 4.78 is 4.60. The molecule has 3 heteroatoms. The maximum absolute atomic E-state index is 4.62. The number of fused-ring (bicyclic) bond motifs is 9. The molecule has 0 aliphatic heterocycles. The fourth-order valence-corrected chi connectivity index (χ4v) is 6.90. The van der Waals surface area contributed by atoms with Crippen LogP contribution in [0.15, 0.2) is 91.0 Å². The van der Waals surface area contributed by atoms with E-state index in [1.807, 2.05) is 0 Å². The molecule has 0 saturated heterocycles. The molecule has 37 heavy (non-hydrogen) atoms. The van der Waals surface area contributed by atoms with Crippen molar-refractivity contribution < 1.29 is 24.7 Å². The summed E-state index contributed by atoms with van der Waals surface area (Å²) in [6.45, 7) is 9.36. The Labute approximate surface area is 229 Å². The van der Waals surface area contributed by atoms with E-state index >= 15 is 0 Å². The number of rotatable bonds is 1. The van der Waals surface area contributed by atoms with Crippen LogP contribution in [0.4, 0.5) is 0 Å². The van der Waals surface area contributed by atoms with Crippen LogP contribution in [0, 0.1) is 14.0 Å². The summed E-state index contributed by atoms with van der Waals surface area (Å²) in [6.07, 6.45) is 0. The second kappa shape index (κ2) is 7.38. The Balaban J connectivity index is 0.00000231. The van der Waals surface area contributed by atoms with E-state index in [0.29, 0.717) is 0 Å². The van der Waals surface area contributed by atoms with E-state index in [1.54, 1.807) is 0 Å². The van der Waals surface area contributed by atoms with Crippen molar-refractivity contribution in [2.45, 2.75) is 19.3 Å². The average molecular weight is 654 g/mol. The third-order valence-electron chi connectivity index (χ3n) is 8.43. The van der Waals surface area contributed by atoms with E-state index in [9.17, 15) is 0 Å². The van der Waals surface area contributed by atoms with Gasteiger partial charge in [0.05, 0.1) is 16.9 Å². The first-order chi connectivity index (χ1) is 17.5. The Kier molecular flexibility index (Phi) is 4.47. The van der Waals surface area contributed by atoms with Gasteiger partial charge in [0.1, 0.15) is 5.52 Å². The summed E-state index contributed by atoms with van der Waals surface area (Å²) in [5.74, 6) is 0. The molecule has 1 aliphatic carbocycles. The van der Waals surface area contributed by atoms with Gasteiger partial charge < -0.3 is 8.97 Å². The van der Waals surface area contributed by atoms with Crippen molar-refractivity contribution in [1.82, 2.24) is 4.40 Å². The monoisotopic (exact) mass is 654 g/mol. The van der Waals surface area contributed by atoms with E-state index in [1.165, 1.54) is 60.5 Å². The summed E-state index contributed by atoms with van der Waals surface area (Å²) in [4.78, 5) is 0. The van der Waals surface area contributed by atoms with Gasteiger partial charge in [-0.05, 0) is 44.8 Å². The van der Waals surface area contributed by atoms with Gasteiger partial charge in [-0.15, -0.1) is 5.56 Å². The Morgan fingerprint density at radius 1 is 0.811 bits per heavy atom. The molecule has 4 aromatic carbocycles. The zero-order chi connectivity index (χ0) is 24.3. The largest absolute Gasteiger partial charge is 0.337 e. The zero-order valence-electron chi connectivity index (χ0n) is 20.8. The topological polar surface area (TPSA) is 8.29 Å². The molecule has 0 amide bonds. The van der Waals surface area contributed by atoms with Crippen molar-refractivity contribution in [2.75, 3.05) is 0 Å². The van der Waals surface area contributed by atoms with Crippen molar-refractivity contribution in [3.63, 3.8) is 0 Å². The molecule has 3 heterocycles. The summed E-state index contributed by atoms with van der Waals surface area (Å²) in [6, 6.07) is 32.8. The summed E-state index contributed by atoms with van der Waals surface area (Å²) >= 11 is 0. The molecular formula is C34H25IrN2-. The molecule has 1 aliphatic rings. The van der Waals surface area contributed by atoms with Gasteiger partial charge in [-0.2, -0.15) is 18.6 Å². The van der Waals surface area contributed by atoms with E-state index in [-0.39, 0.29) is 25.5 Å². The maximum Gasteiger partial charge on any atom is 0.111 e. The second-order valence-electron chi connectivity index (χ2n) is 10.6. The Morgan fingerprint density at radius 3 is 2.41 bits per heavy atom. The molecule has 0 atom stereocenters. The maximum atomic E-state index is 4.62. The van der Waals surface area contributed by atoms with Crippen molar-refractivity contribution in [1.29, 1.82) is 0 Å². The number of nitrogens with zero attached hydrogens (tertiary/aromatic N) is 2. The van der Waals surface area contributed by atoms with Crippen LogP contribution < -0.4 is 4.57 Å². The summed E-state index contributed by atoms with van der Waals surface area (Å²) in [5, 5.41) is 5.04. The number of para-hydroxylation sites is 2. The molecule has 0 saturated carbocycles. The van der Waals surface area contributed by atoms with Crippen LogP contribution in [-0.4, -0.2) is 4.40 Å². The van der Waals surface area contributed by atoms with Gasteiger partial charge in [0, 0.05) is 43.6 Å². The van der Waals surface area contributed by atoms with Crippen molar-refractivity contribution in [3.05, 3.63) is 122 Å². The smallest absolute Gasteiger partial charge is 0.111 e. The zero-order valence-corrected chi connectivity index (χ0v) is 23.2. The van der Waals surface area contributed by atoms with Crippen LogP contribution >= 0.6 is 0 Å². The minimum atomic E-state index is -0.135. The molecule has 2 nitrogen and oxygen atoms in total. The van der Waals surface area contributed by atoms with Crippen LogP contribution in [0.5, 0.6) is 0 Å². The van der Waals surface area contributed by atoms with Crippen LogP contribution in [0.1, 0.15) is 30.5 Å². The van der Waals surface area contributed by atoms with Crippen molar-refractivity contribution >= 4 is 38.1 Å². The number of aromatic nitrogens is 2. The molecule has 7 aromatic rings. The molecule has 1 radical (unpaired) electrons. The average Bonchev–Trinajstić information content (AvgIpc) is 3.48. The molecule has 0 spiro atoms. The number of hydrogen-bond donors (Lipinski definition) is 0. The van der Waals surface area contributed by atoms with Gasteiger partial charge in [0.2, 0.25) is 0 Å². The van der Waals surface area contributed by atoms with Gasteiger partial charge >= 0.3 is 0 Å². The molecule has 0 fully saturated rings. The molecule has 8 rings (SSSR count). The fourth-order valence-electron chi connectivity index (χ4n) is 6.90. The minimum absolute atomic E-state index is 0. The Hall–Kier alpha value is -3.78. The first-order valence-corrected chi connectivity index (χ1v) is 12.5. The Morgan fingerprint density at radius 2 is 1.54 bits per heavy atom. The van der Waals surface area contributed by atoms with Gasteiger partial charge in [-0.1, -0.05) is 86.6 Å². The SMILES string of the molecule is [CH2-]c1cc2c3ccccc3n3c4c(c(c1-c1ccc5ccccc5[n+]1[CH2-])c23)C(C)(C)c1ccccc1-4.[Ir]. The first-order valence-electron chi connectivity index (χ1n) is 12.5. The molecule has 0 N–H and O–H groups in total. The predicted molar refractivity (Wildman–Crippen MR) is 150 cm³/mol. The normalized spacial score (nSPS) is 13.9. The fraction of sp³-hybridized carbons (Fsp3) is 0.0882. The minimum Gasteiger partial charge on any atom is -0.337 e. The second-order valence-corrected chi connectivity index (χ2v) is 10.6. The third-order valence-corrected chi connectivity index (χ3v) is 8.43. The van der Waals surface area contributed by atoms with E-state index in [0.717, 1.165) is 16.8 Å².